The fourth-order valence-corrected chi connectivity index (χ4v) is 1.69. The van der Waals surface area contributed by atoms with Crippen LogP contribution in [0.3, 0.4) is 0 Å². The second kappa shape index (κ2) is 8.95. The van der Waals surface area contributed by atoms with Crippen LogP contribution in [-0.4, -0.2) is 19.0 Å². The summed E-state index contributed by atoms with van der Waals surface area (Å²) in [6.45, 7) is 4.00. The van der Waals surface area contributed by atoms with Gasteiger partial charge in [-0.05, 0) is 30.7 Å². The van der Waals surface area contributed by atoms with E-state index in [0.29, 0.717) is 18.1 Å². The highest BCUT2D eigenvalue weighted by Gasteiger charge is 2.00. The van der Waals surface area contributed by atoms with Crippen molar-refractivity contribution >= 4 is 17.5 Å². The minimum atomic E-state index is 0.0291. The Morgan fingerprint density at radius 3 is 2.61 bits per heavy atom. The van der Waals surface area contributed by atoms with Crippen molar-refractivity contribution in [1.29, 1.82) is 0 Å². The first kappa shape index (κ1) is 15.0. The Balaban J connectivity index is 2.11. The fraction of sp³-hybridized carbons (Fsp3) is 0.500. The molecule has 0 bridgehead atoms. The molecule has 0 radical (unpaired) electrons. The molecule has 0 atom stereocenters. The molecule has 0 saturated heterocycles. The highest BCUT2D eigenvalue weighted by molar-refractivity contribution is 6.30. The van der Waals surface area contributed by atoms with Crippen molar-refractivity contribution in [2.45, 2.75) is 32.7 Å². The maximum atomic E-state index is 11.5. The van der Waals surface area contributed by atoms with E-state index < -0.39 is 0 Å². The van der Waals surface area contributed by atoms with E-state index in [9.17, 15) is 4.79 Å². The van der Waals surface area contributed by atoms with E-state index in [1.165, 1.54) is 12.8 Å². The van der Waals surface area contributed by atoms with Gasteiger partial charge in [-0.25, -0.2) is 0 Å². The molecule has 0 aliphatic carbocycles. The quantitative estimate of drug-likeness (QED) is 0.712. The Hall–Kier alpha value is -1.06. The summed E-state index contributed by atoms with van der Waals surface area (Å²) in [5, 5.41) is 6.71. The third-order valence-electron chi connectivity index (χ3n) is 2.65. The van der Waals surface area contributed by atoms with Crippen molar-refractivity contribution in [2.24, 2.45) is 0 Å². The molecule has 1 aromatic carbocycles. The Labute approximate surface area is 114 Å². The number of carbonyl (C=O) groups is 1. The number of hydrogen-bond acceptors (Lipinski definition) is 2. The average molecular weight is 269 g/mol. The topological polar surface area (TPSA) is 41.1 Å². The van der Waals surface area contributed by atoms with Crippen molar-refractivity contribution in [1.82, 2.24) is 10.6 Å². The molecule has 2 N–H and O–H groups in total. The fourth-order valence-electron chi connectivity index (χ4n) is 1.57. The zero-order chi connectivity index (χ0) is 13.2. The Morgan fingerprint density at radius 2 is 1.94 bits per heavy atom. The molecular formula is C14H21ClN2O. The largest absolute Gasteiger partial charge is 0.351 e. The molecule has 18 heavy (non-hydrogen) atoms. The van der Waals surface area contributed by atoms with Crippen LogP contribution in [-0.2, 0) is 11.3 Å². The van der Waals surface area contributed by atoms with Gasteiger partial charge in [0.25, 0.3) is 0 Å². The second-order valence-corrected chi connectivity index (χ2v) is 4.72. The summed E-state index contributed by atoms with van der Waals surface area (Å²) in [5.41, 5.74) is 1.05. The van der Waals surface area contributed by atoms with Gasteiger partial charge in [0, 0.05) is 11.6 Å². The van der Waals surface area contributed by atoms with Gasteiger partial charge in [-0.2, -0.15) is 0 Å². The average Bonchev–Trinajstić information content (AvgIpc) is 2.38. The molecule has 0 spiro atoms. The number of amides is 1. The van der Waals surface area contributed by atoms with Gasteiger partial charge in [0.2, 0.25) is 5.91 Å². The number of unbranched alkanes of at least 4 members (excludes halogenated alkanes) is 2. The predicted octanol–water partition coefficient (Wildman–Crippen LogP) is 2.74. The normalized spacial score (nSPS) is 10.3. The summed E-state index contributed by atoms with van der Waals surface area (Å²) in [6, 6.07) is 7.48. The van der Waals surface area contributed by atoms with E-state index in [1.807, 2.05) is 24.3 Å². The summed E-state index contributed by atoms with van der Waals surface area (Å²) >= 11 is 5.79. The standard InChI is InChI=1S/C14H21ClN2O/c1-2-3-4-9-16-11-14(18)17-10-12-5-7-13(15)8-6-12/h5-8,16H,2-4,9-11H2,1H3,(H,17,18). The van der Waals surface area contributed by atoms with Gasteiger partial charge in [-0.15, -0.1) is 0 Å². The molecule has 1 amide bonds. The lowest BCUT2D eigenvalue weighted by Crippen LogP contribution is -2.33. The van der Waals surface area contributed by atoms with Gasteiger partial charge in [0.1, 0.15) is 0 Å². The van der Waals surface area contributed by atoms with Crippen LogP contribution in [0.2, 0.25) is 5.02 Å². The number of benzene rings is 1. The van der Waals surface area contributed by atoms with E-state index in [-0.39, 0.29) is 5.91 Å². The molecule has 0 aliphatic heterocycles. The van der Waals surface area contributed by atoms with Gasteiger partial charge in [0.05, 0.1) is 6.54 Å². The van der Waals surface area contributed by atoms with Crippen LogP contribution in [0.5, 0.6) is 0 Å². The van der Waals surface area contributed by atoms with Gasteiger partial charge >= 0.3 is 0 Å². The highest BCUT2D eigenvalue weighted by atomic mass is 35.5. The Morgan fingerprint density at radius 1 is 1.22 bits per heavy atom. The SMILES string of the molecule is CCCCCNCC(=O)NCc1ccc(Cl)cc1. The van der Waals surface area contributed by atoms with Crippen molar-refractivity contribution in [3.63, 3.8) is 0 Å². The van der Waals surface area contributed by atoms with Crippen LogP contribution in [0.1, 0.15) is 31.7 Å². The van der Waals surface area contributed by atoms with Crippen molar-refractivity contribution in [3.05, 3.63) is 34.9 Å². The maximum Gasteiger partial charge on any atom is 0.234 e. The molecule has 4 heteroatoms. The molecule has 0 fully saturated rings. The number of hydrogen-bond donors (Lipinski definition) is 2. The van der Waals surface area contributed by atoms with E-state index >= 15 is 0 Å². The molecule has 0 saturated carbocycles. The molecule has 1 rings (SSSR count). The van der Waals surface area contributed by atoms with Crippen LogP contribution in [0.25, 0.3) is 0 Å². The van der Waals surface area contributed by atoms with Gasteiger partial charge in [-0.1, -0.05) is 43.5 Å². The van der Waals surface area contributed by atoms with E-state index in [1.54, 1.807) is 0 Å². The molecular weight excluding hydrogens is 248 g/mol. The van der Waals surface area contributed by atoms with Crippen LogP contribution >= 0.6 is 11.6 Å². The summed E-state index contributed by atoms with van der Waals surface area (Å²) in [5.74, 6) is 0.0291. The Kier molecular flexibility index (Phi) is 7.46. The van der Waals surface area contributed by atoms with Gasteiger partial charge < -0.3 is 10.6 Å². The zero-order valence-electron chi connectivity index (χ0n) is 10.8. The third-order valence-corrected chi connectivity index (χ3v) is 2.90. The zero-order valence-corrected chi connectivity index (χ0v) is 11.6. The van der Waals surface area contributed by atoms with Crippen LogP contribution in [0.15, 0.2) is 24.3 Å². The lowest BCUT2D eigenvalue weighted by Gasteiger charge is -2.06. The first-order valence-electron chi connectivity index (χ1n) is 6.44. The predicted molar refractivity (Wildman–Crippen MR) is 75.7 cm³/mol. The summed E-state index contributed by atoms with van der Waals surface area (Å²) < 4.78 is 0. The highest BCUT2D eigenvalue weighted by Crippen LogP contribution is 2.08. The van der Waals surface area contributed by atoms with Gasteiger partial charge in [-0.3, -0.25) is 4.79 Å². The number of rotatable bonds is 8. The molecule has 0 heterocycles. The molecule has 0 aromatic heterocycles. The first-order valence-corrected chi connectivity index (χ1v) is 6.82. The van der Waals surface area contributed by atoms with Crippen LogP contribution in [0, 0.1) is 0 Å². The van der Waals surface area contributed by atoms with Crippen molar-refractivity contribution in [2.75, 3.05) is 13.1 Å². The molecule has 3 nitrogen and oxygen atoms in total. The van der Waals surface area contributed by atoms with Crippen molar-refractivity contribution in [3.8, 4) is 0 Å². The third kappa shape index (κ3) is 6.62. The van der Waals surface area contributed by atoms with Crippen molar-refractivity contribution < 1.29 is 4.79 Å². The summed E-state index contributed by atoms with van der Waals surface area (Å²) in [6.07, 6.45) is 3.53. The Bertz CT molecular complexity index is 351. The maximum absolute atomic E-state index is 11.5. The molecule has 1 aromatic rings. The van der Waals surface area contributed by atoms with E-state index in [2.05, 4.69) is 17.6 Å². The van der Waals surface area contributed by atoms with Gasteiger partial charge in [0.15, 0.2) is 0 Å². The van der Waals surface area contributed by atoms with E-state index in [4.69, 9.17) is 11.6 Å². The minimum Gasteiger partial charge on any atom is -0.351 e. The summed E-state index contributed by atoms with van der Waals surface area (Å²) in [4.78, 5) is 11.5. The number of halogens is 1. The molecule has 0 unspecified atom stereocenters. The number of carbonyl (C=O) groups excluding carboxylic acids is 1. The monoisotopic (exact) mass is 268 g/mol. The lowest BCUT2D eigenvalue weighted by molar-refractivity contribution is -0.120. The smallest absolute Gasteiger partial charge is 0.234 e. The molecule has 100 valence electrons. The second-order valence-electron chi connectivity index (χ2n) is 4.29. The lowest BCUT2D eigenvalue weighted by atomic mass is 10.2. The first-order chi connectivity index (χ1) is 8.72. The van der Waals surface area contributed by atoms with Crippen LogP contribution < -0.4 is 10.6 Å². The van der Waals surface area contributed by atoms with E-state index in [0.717, 1.165) is 18.5 Å². The summed E-state index contributed by atoms with van der Waals surface area (Å²) in [7, 11) is 0. The number of nitrogens with one attached hydrogen (secondary N) is 2. The minimum absolute atomic E-state index is 0.0291. The molecule has 0 aliphatic rings. The van der Waals surface area contributed by atoms with Crippen LogP contribution in [0.4, 0.5) is 0 Å².